The fourth-order valence-electron chi connectivity index (χ4n) is 2.27. The lowest BCUT2D eigenvalue weighted by molar-refractivity contribution is 0.0945. The van der Waals surface area contributed by atoms with E-state index in [4.69, 9.17) is 4.74 Å². The first-order valence-corrected chi connectivity index (χ1v) is 7.68. The maximum atomic E-state index is 12.4. The second kappa shape index (κ2) is 6.64. The van der Waals surface area contributed by atoms with Crippen molar-refractivity contribution in [3.05, 3.63) is 47.3 Å². The normalized spacial score (nSPS) is 13.5. The van der Waals surface area contributed by atoms with Gasteiger partial charge in [-0.25, -0.2) is 9.97 Å². The van der Waals surface area contributed by atoms with E-state index in [2.05, 4.69) is 20.6 Å². The average Bonchev–Trinajstić information content (AvgIpc) is 3.36. The third-order valence-corrected chi connectivity index (χ3v) is 3.63. The summed E-state index contributed by atoms with van der Waals surface area (Å²) >= 11 is 0. The average molecular weight is 312 g/mol. The molecule has 0 radical (unpaired) electrons. The van der Waals surface area contributed by atoms with Crippen LogP contribution in [0.4, 0.5) is 5.95 Å². The van der Waals surface area contributed by atoms with Gasteiger partial charge in [0, 0.05) is 23.8 Å². The predicted molar refractivity (Wildman–Crippen MR) is 87.6 cm³/mol. The highest BCUT2D eigenvalue weighted by Gasteiger charge is 2.22. The Morgan fingerprint density at radius 2 is 2.09 bits per heavy atom. The molecule has 1 aliphatic rings. The van der Waals surface area contributed by atoms with Crippen LogP contribution >= 0.6 is 0 Å². The number of aromatic nitrogens is 2. The lowest BCUT2D eigenvalue weighted by Crippen LogP contribution is -2.25. The molecule has 1 aromatic heterocycles. The molecular formula is C17H20N4O2. The van der Waals surface area contributed by atoms with Crippen LogP contribution in [0, 0.1) is 6.92 Å². The first kappa shape index (κ1) is 15.3. The van der Waals surface area contributed by atoms with E-state index >= 15 is 0 Å². The Hall–Kier alpha value is -2.63. The molecule has 0 aliphatic heterocycles. The summed E-state index contributed by atoms with van der Waals surface area (Å²) in [5, 5.41) is 6.10. The number of hydrogen-bond acceptors (Lipinski definition) is 5. The number of aryl methyl sites for hydroxylation is 1. The number of nitrogens with one attached hydrogen (secondary N) is 2. The topological polar surface area (TPSA) is 76.1 Å². The van der Waals surface area contributed by atoms with Gasteiger partial charge in [-0.2, -0.15) is 0 Å². The van der Waals surface area contributed by atoms with Crippen molar-refractivity contribution in [1.29, 1.82) is 0 Å². The molecule has 0 bridgehead atoms. The molecule has 120 valence electrons. The van der Waals surface area contributed by atoms with E-state index in [0.717, 1.165) is 29.8 Å². The van der Waals surface area contributed by atoms with Crippen molar-refractivity contribution in [3.8, 4) is 5.75 Å². The van der Waals surface area contributed by atoms with Crippen molar-refractivity contribution in [2.24, 2.45) is 0 Å². The number of para-hydroxylation sites is 1. The third kappa shape index (κ3) is 3.97. The fourth-order valence-corrected chi connectivity index (χ4v) is 2.27. The van der Waals surface area contributed by atoms with Gasteiger partial charge in [-0.3, -0.25) is 4.79 Å². The maximum Gasteiger partial charge on any atom is 0.270 e. The highest BCUT2D eigenvalue weighted by molar-refractivity contribution is 5.92. The van der Waals surface area contributed by atoms with Gasteiger partial charge in [0.05, 0.1) is 7.11 Å². The summed E-state index contributed by atoms with van der Waals surface area (Å²) in [5.41, 5.74) is 2.06. The van der Waals surface area contributed by atoms with Gasteiger partial charge in [-0.1, -0.05) is 18.2 Å². The molecule has 1 aromatic carbocycles. The van der Waals surface area contributed by atoms with Gasteiger partial charge >= 0.3 is 0 Å². The Balaban J connectivity index is 1.69. The summed E-state index contributed by atoms with van der Waals surface area (Å²) < 4.78 is 5.29. The van der Waals surface area contributed by atoms with Crippen LogP contribution in [-0.4, -0.2) is 29.0 Å². The van der Waals surface area contributed by atoms with Gasteiger partial charge in [0.25, 0.3) is 5.91 Å². The van der Waals surface area contributed by atoms with Crippen molar-refractivity contribution >= 4 is 11.9 Å². The molecule has 1 amide bonds. The van der Waals surface area contributed by atoms with E-state index in [-0.39, 0.29) is 5.91 Å². The second-order valence-electron chi connectivity index (χ2n) is 5.63. The Kier molecular flexibility index (Phi) is 4.41. The second-order valence-corrected chi connectivity index (χ2v) is 5.63. The monoisotopic (exact) mass is 312 g/mol. The molecule has 0 unspecified atom stereocenters. The zero-order valence-corrected chi connectivity index (χ0v) is 13.3. The van der Waals surface area contributed by atoms with Crippen LogP contribution in [0.5, 0.6) is 5.75 Å². The van der Waals surface area contributed by atoms with Gasteiger partial charge in [-0.05, 0) is 31.9 Å². The highest BCUT2D eigenvalue weighted by atomic mass is 16.5. The number of carbonyl (C=O) groups is 1. The SMILES string of the molecule is COc1ccccc1CNC(=O)c1cc(C)nc(NC2CC2)n1. The highest BCUT2D eigenvalue weighted by Crippen LogP contribution is 2.23. The molecule has 23 heavy (non-hydrogen) atoms. The van der Waals surface area contributed by atoms with Crippen LogP contribution in [-0.2, 0) is 6.54 Å². The van der Waals surface area contributed by atoms with E-state index in [9.17, 15) is 4.79 Å². The fraction of sp³-hybridized carbons (Fsp3) is 0.353. The van der Waals surface area contributed by atoms with Crippen LogP contribution in [0.25, 0.3) is 0 Å². The Morgan fingerprint density at radius 3 is 2.83 bits per heavy atom. The number of methoxy groups -OCH3 is 1. The van der Waals surface area contributed by atoms with Crippen molar-refractivity contribution in [3.63, 3.8) is 0 Å². The number of nitrogens with zero attached hydrogens (tertiary/aromatic N) is 2. The minimum Gasteiger partial charge on any atom is -0.496 e. The Labute approximate surface area is 135 Å². The van der Waals surface area contributed by atoms with Gasteiger partial charge < -0.3 is 15.4 Å². The largest absolute Gasteiger partial charge is 0.496 e. The van der Waals surface area contributed by atoms with Gasteiger partial charge in [0.1, 0.15) is 11.4 Å². The molecule has 6 heteroatoms. The van der Waals surface area contributed by atoms with Crippen molar-refractivity contribution < 1.29 is 9.53 Å². The summed E-state index contributed by atoms with van der Waals surface area (Å²) in [4.78, 5) is 21.0. The molecule has 1 aliphatic carbocycles. The van der Waals surface area contributed by atoms with E-state index in [1.807, 2.05) is 31.2 Å². The Bertz CT molecular complexity index is 713. The summed E-state index contributed by atoms with van der Waals surface area (Å²) in [5.74, 6) is 1.05. The zero-order chi connectivity index (χ0) is 16.2. The quantitative estimate of drug-likeness (QED) is 0.856. The number of benzene rings is 1. The molecule has 1 heterocycles. The van der Waals surface area contributed by atoms with Crippen molar-refractivity contribution in [2.75, 3.05) is 12.4 Å². The summed E-state index contributed by atoms with van der Waals surface area (Å²) in [6.07, 6.45) is 2.26. The van der Waals surface area contributed by atoms with E-state index in [0.29, 0.717) is 24.2 Å². The minimum atomic E-state index is -0.222. The van der Waals surface area contributed by atoms with E-state index in [1.54, 1.807) is 13.2 Å². The summed E-state index contributed by atoms with van der Waals surface area (Å²) in [7, 11) is 1.62. The number of amides is 1. The first-order chi connectivity index (χ1) is 11.2. The summed E-state index contributed by atoms with van der Waals surface area (Å²) in [6, 6.07) is 9.74. The van der Waals surface area contributed by atoms with Crippen LogP contribution in [0.1, 0.15) is 34.6 Å². The van der Waals surface area contributed by atoms with Crippen LogP contribution in [0.3, 0.4) is 0 Å². The number of ether oxygens (including phenoxy) is 1. The third-order valence-electron chi connectivity index (χ3n) is 3.63. The van der Waals surface area contributed by atoms with Gasteiger partial charge in [-0.15, -0.1) is 0 Å². The van der Waals surface area contributed by atoms with Crippen LogP contribution in [0.2, 0.25) is 0 Å². The van der Waals surface area contributed by atoms with Crippen LogP contribution in [0.15, 0.2) is 30.3 Å². The van der Waals surface area contributed by atoms with Gasteiger partial charge in [0.15, 0.2) is 0 Å². The zero-order valence-electron chi connectivity index (χ0n) is 13.3. The smallest absolute Gasteiger partial charge is 0.270 e. The number of carbonyl (C=O) groups excluding carboxylic acids is 1. The molecule has 3 rings (SSSR count). The molecule has 1 saturated carbocycles. The predicted octanol–water partition coefficient (Wildman–Crippen LogP) is 2.30. The lowest BCUT2D eigenvalue weighted by atomic mass is 10.2. The van der Waals surface area contributed by atoms with Crippen molar-refractivity contribution in [2.45, 2.75) is 32.4 Å². The summed E-state index contributed by atoms with van der Waals surface area (Å²) in [6.45, 7) is 2.24. The molecule has 0 spiro atoms. The number of anilines is 1. The number of hydrogen-bond donors (Lipinski definition) is 2. The molecular weight excluding hydrogens is 292 g/mol. The molecule has 2 N–H and O–H groups in total. The van der Waals surface area contributed by atoms with E-state index < -0.39 is 0 Å². The minimum absolute atomic E-state index is 0.222. The van der Waals surface area contributed by atoms with Crippen LogP contribution < -0.4 is 15.4 Å². The number of rotatable bonds is 6. The van der Waals surface area contributed by atoms with Gasteiger partial charge in [0.2, 0.25) is 5.95 Å². The lowest BCUT2D eigenvalue weighted by Gasteiger charge is -2.10. The molecule has 0 saturated heterocycles. The maximum absolute atomic E-state index is 12.4. The van der Waals surface area contributed by atoms with E-state index in [1.165, 1.54) is 0 Å². The van der Waals surface area contributed by atoms with Crippen molar-refractivity contribution in [1.82, 2.24) is 15.3 Å². The standard InChI is InChI=1S/C17H20N4O2/c1-11-9-14(21-17(19-11)20-13-7-8-13)16(22)18-10-12-5-3-4-6-15(12)23-2/h3-6,9,13H,7-8,10H2,1-2H3,(H,18,22)(H,19,20,21). The first-order valence-electron chi connectivity index (χ1n) is 7.68. The molecule has 0 atom stereocenters. The molecule has 1 fully saturated rings. The Morgan fingerprint density at radius 1 is 1.30 bits per heavy atom. The molecule has 2 aromatic rings. The molecule has 6 nitrogen and oxygen atoms in total.